The molecule has 5 nitrogen and oxygen atoms in total. The summed E-state index contributed by atoms with van der Waals surface area (Å²) in [5.41, 5.74) is 5.69. The van der Waals surface area contributed by atoms with Gasteiger partial charge < -0.3 is 19.9 Å². The fraction of sp³-hybridized carbons (Fsp3) is 0.250. The van der Waals surface area contributed by atoms with Crippen LogP contribution in [-0.2, 0) is 4.74 Å². The van der Waals surface area contributed by atoms with E-state index in [2.05, 4.69) is 29.6 Å². The number of aliphatic hydroxyl groups excluding tert-OH is 1. The lowest BCUT2D eigenvalue weighted by molar-refractivity contribution is 0.140. The Kier molecular flexibility index (Phi) is 7.43. The average Bonchev–Trinajstić information content (AvgIpc) is 3.18. The van der Waals surface area contributed by atoms with Crippen LogP contribution in [0.25, 0.3) is 17.2 Å². The van der Waals surface area contributed by atoms with Crippen molar-refractivity contribution in [1.82, 2.24) is 5.32 Å². The van der Waals surface area contributed by atoms with Crippen molar-refractivity contribution in [3.8, 4) is 16.9 Å². The Labute approximate surface area is 194 Å². The number of para-hydroxylation sites is 1. The Morgan fingerprint density at radius 1 is 1.00 bits per heavy atom. The molecule has 1 atom stereocenters. The SMILES string of the molecule is CC[C@H](C=Cc1ccccc1OCCO)NC(=O)OCC1c2ccccc2-c2ccccc21. The number of benzene rings is 3. The number of alkyl carbamates (subject to hydrolysis) is 1. The van der Waals surface area contributed by atoms with Crippen LogP contribution in [-0.4, -0.2) is 37.1 Å². The van der Waals surface area contributed by atoms with Crippen molar-refractivity contribution >= 4 is 12.2 Å². The maximum atomic E-state index is 12.6. The van der Waals surface area contributed by atoms with E-state index in [9.17, 15) is 4.79 Å². The summed E-state index contributed by atoms with van der Waals surface area (Å²) in [6.07, 6.45) is 4.14. The Bertz CT molecular complexity index is 1080. The zero-order valence-corrected chi connectivity index (χ0v) is 18.7. The van der Waals surface area contributed by atoms with Crippen molar-refractivity contribution < 1.29 is 19.4 Å². The van der Waals surface area contributed by atoms with Crippen LogP contribution in [0, 0.1) is 0 Å². The number of rotatable bonds is 9. The lowest BCUT2D eigenvalue weighted by Gasteiger charge is -2.17. The van der Waals surface area contributed by atoms with Crippen LogP contribution < -0.4 is 10.1 Å². The topological polar surface area (TPSA) is 67.8 Å². The van der Waals surface area contributed by atoms with Crippen molar-refractivity contribution in [2.45, 2.75) is 25.3 Å². The second-order valence-corrected chi connectivity index (χ2v) is 7.95. The van der Waals surface area contributed by atoms with Gasteiger partial charge in [-0.1, -0.05) is 85.8 Å². The molecular formula is C28H29NO4. The highest BCUT2D eigenvalue weighted by atomic mass is 16.5. The quantitative estimate of drug-likeness (QED) is 0.465. The van der Waals surface area contributed by atoms with Gasteiger partial charge in [-0.25, -0.2) is 4.79 Å². The van der Waals surface area contributed by atoms with Gasteiger partial charge in [0.2, 0.25) is 0 Å². The highest BCUT2D eigenvalue weighted by Crippen LogP contribution is 2.44. The van der Waals surface area contributed by atoms with Gasteiger partial charge in [0, 0.05) is 11.5 Å². The summed E-state index contributed by atoms with van der Waals surface area (Å²) < 4.78 is 11.2. The summed E-state index contributed by atoms with van der Waals surface area (Å²) in [6.45, 7) is 2.49. The number of hydrogen-bond donors (Lipinski definition) is 2. The average molecular weight is 444 g/mol. The molecule has 0 aliphatic heterocycles. The van der Waals surface area contributed by atoms with Crippen LogP contribution in [0.15, 0.2) is 78.9 Å². The molecule has 1 aliphatic rings. The second-order valence-electron chi connectivity index (χ2n) is 7.95. The molecule has 1 aliphatic carbocycles. The Morgan fingerprint density at radius 3 is 2.30 bits per heavy atom. The van der Waals surface area contributed by atoms with Gasteiger partial charge in [0.15, 0.2) is 0 Å². The van der Waals surface area contributed by atoms with Crippen molar-refractivity contribution in [1.29, 1.82) is 0 Å². The van der Waals surface area contributed by atoms with Crippen LogP contribution in [0.2, 0.25) is 0 Å². The van der Waals surface area contributed by atoms with Crippen molar-refractivity contribution in [3.63, 3.8) is 0 Å². The van der Waals surface area contributed by atoms with Gasteiger partial charge in [0.1, 0.15) is 19.0 Å². The van der Waals surface area contributed by atoms with E-state index in [1.54, 1.807) is 0 Å². The molecule has 0 saturated heterocycles. The fourth-order valence-corrected chi connectivity index (χ4v) is 4.20. The monoisotopic (exact) mass is 443 g/mol. The Balaban J connectivity index is 1.38. The van der Waals surface area contributed by atoms with Crippen LogP contribution in [0.1, 0.15) is 36.0 Å². The highest BCUT2D eigenvalue weighted by Gasteiger charge is 2.29. The summed E-state index contributed by atoms with van der Waals surface area (Å²) in [6, 6.07) is 24.0. The number of hydrogen-bond acceptors (Lipinski definition) is 4. The predicted octanol–water partition coefficient (Wildman–Crippen LogP) is 5.39. The first-order chi connectivity index (χ1) is 16.2. The van der Waals surface area contributed by atoms with Crippen LogP contribution in [0.3, 0.4) is 0 Å². The summed E-state index contributed by atoms with van der Waals surface area (Å²) in [4.78, 5) is 12.6. The molecule has 3 aromatic carbocycles. The zero-order chi connectivity index (χ0) is 23.0. The van der Waals surface area contributed by atoms with E-state index < -0.39 is 6.09 Å². The first-order valence-electron chi connectivity index (χ1n) is 11.3. The van der Waals surface area contributed by atoms with Gasteiger partial charge in [-0.15, -0.1) is 0 Å². The van der Waals surface area contributed by atoms with Crippen LogP contribution in [0.4, 0.5) is 4.79 Å². The summed E-state index contributed by atoms with van der Waals surface area (Å²) >= 11 is 0. The molecule has 0 saturated carbocycles. The number of nitrogens with one attached hydrogen (secondary N) is 1. The number of aliphatic hydroxyl groups is 1. The maximum absolute atomic E-state index is 12.6. The number of carbonyl (C=O) groups is 1. The number of carbonyl (C=O) groups excluding carboxylic acids is 1. The van der Waals surface area contributed by atoms with E-state index in [0.29, 0.717) is 5.75 Å². The zero-order valence-electron chi connectivity index (χ0n) is 18.7. The van der Waals surface area contributed by atoms with Gasteiger partial charge in [0.25, 0.3) is 0 Å². The van der Waals surface area contributed by atoms with E-state index in [1.165, 1.54) is 22.3 Å². The first-order valence-corrected chi connectivity index (χ1v) is 11.3. The van der Waals surface area contributed by atoms with Crippen molar-refractivity contribution in [2.75, 3.05) is 19.8 Å². The van der Waals surface area contributed by atoms with Crippen molar-refractivity contribution in [2.24, 2.45) is 0 Å². The molecule has 3 aromatic rings. The smallest absolute Gasteiger partial charge is 0.407 e. The molecule has 1 amide bonds. The van der Waals surface area contributed by atoms with Gasteiger partial charge >= 0.3 is 6.09 Å². The number of amides is 1. The maximum Gasteiger partial charge on any atom is 0.407 e. The van der Waals surface area contributed by atoms with Crippen LogP contribution >= 0.6 is 0 Å². The van der Waals surface area contributed by atoms with Gasteiger partial charge in [0.05, 0.1) is 12.6 Å². The molecule has 0 spiro atoms. The van der Waals surface area contributed by atoms with Crippen molar-refractivity contribution in [3.05, 3.63) is 95.6 Å². The molecule has 5 heteroatoms. The lowest BCUT2D eigenvalue weighted by Crippen LogP contribution is -2.34. The predicted molar refractivity (Wildman–Crippen MR) is 130 cm³/mol. The first kappa shape index (κ1) is 22.6. The van der Waals surface area contributed by atoms with E-state index in [-0.39, 0.29) is 31.8 Å². The van der Waals surface area contributed by atoms with E-state index in [0.717, 1.165) is 12.0 Å². The second kappa shape index (κ2) is 10.8. The number of ether oxygens (including phenoxy) is 2. The van der Waals surface area contributed by atoms with Gasteiger partial charge in [-0.2, -0.15) is 0 Å². The lowest BCUT2D eigenvalue weighted by atomic mass is 9.98. The fourth-order valence-electron chi connectivity index (χ4n) is 4.20. The summed E-state index contributed by atoms with van der Waals surface area (Å²) in [7, 11) is 0. The molecule has 4 rings (SSSR count). The summed E-state index contributed by atoms with van der Waals surface area (Å²) in [5.74, 6) is 0.730. The molecule has 33 heavy (non-hydrogen) atoms. The third-order valence-electron chi connectivity index (χ3n) is 5.86. The molecule has 0 bridgehead atoms. The molecule has 0 heterocycles. The van der Waals surface area contributed by atoms with Gasteiger partial charge in [-0.3, -0.25) is 0 Å². The molecule has 0 aromatic heterocycles. The Hall–Kier alpha value is -3.57. The molecule has 0 fully saturated rings. The minimum atomic E-state index is -0.432. The van der Waals surface area contributed by atoms with E-state index in [4.69, 9.17) is 14.6 Å². The van der Waals surface area contributed by atoms with Crippen LogP contribution in [0.5, 0.6) is 5.75 Å². The largest absolute Gasteiger partial charge is 0.491 e. The third kappa shape index (κ3) is 5.26. The molecule has 0 radical (unpaired) electrons. The minimum absolute atomic E-state index is 0.0364. The standard InChI is InChI=1S/C28H29NO4/c1-2-21(16-15-20-9-3-8-14-27(20)32-18-17-30)29-28(31)33-19-26-24-12-6-4-10-22(24)23-11-5-7-13-25(23)26/h3-16,21,26,30H,2,17-19H2,1H3,(H,29,31)/t21-/m1/s1. The normalized spacial score (nSPS) is 13.4. The number of fused-ring (bicyclic) bond motifs is 3. The summed E-state index contributed by atoms with van der Waals surface area (Å²) in [5, 5.41) is 11.9. The Morgan fingerprint density at radius 2 is 1.64 bits per heavy atom. The van der Waals surface area contributed by atoms with Gasteiger partial charge in [-0.05, 0) is 34.7 Å². The molecule has 0 unspecified atom stereocenters. The molecular weight excluding hydrogens is 414 g/mol. The minimum Gasteiger partial charge on any atom is -0.491 e. The molecule has 2 N–H and O–H groups in total. The highest BCUT2D eigenvalue weighted by molar-refractivity contribution is 5.79. The molecule has 170 valence electrons. The van der Waals surface area contributed by atoms with E-state index >= 15 is 0 Å². The van der Waals surface area contributed by atoms with E-state index in [1.807, 2.05) is 67.6 Å². The third-order valence-corrected chi connectivity index (χ3v) is 5.86.